The van der Waals surface area contributed by atoms with E-state index in [4.69, 9.17) is 9.47 Å². The van der Waals surface area contributed by atoms with Gasteiger partial charge in [-0.25, -0.2) is 0 Å². The maximum absolute atomic E-state index is 12.8. The van der Waals surface area contributed by atoms with Gasteiger partial charge >= 0.3 is 0 Å². The normalized spacial score (nSPS) is 15.0. The van der Waals surface area contributed by atoms with Crippen LogP contribution in [0.4, 0.5) is 5.69 Å². The second-order valence-electron chi connectivity index (χ2n) is 6.59. The summed E-state index contributed by atoms with van der Waals surface area (Å²) in [6, 6.07) is 13.9. The summed E-state index contributed by atoms with van der Waals surface area (Å²) < 4.78 is 10.6. The molecule has 1 aliphatic heterocycles. The summed E-state index contributed by atoms with van der Waals surface area (Å²) in [5, 5.41) is 0. The Kier molecular flexibility index (Phi) is 5.78. The van der Waals surface area contributed by atoms with Gasteiger partial charge in [-0.1, -0.05) is 12.1 Å². The third-order valence-corrected chi connectivity index (χ3v) is 4.81. The number of rotatable bonds is 6. The number of hydrogen-bond donors (Lipinski definition) is 0. The molecular weight excluding hydrogens is 328 g/mol. The number of benzene rings is 2. The van der Waals surface area contributed by atoms with Crippen LogP contribution in [0.2, 0.25) is 0 Å². The molecule has 5 heteroatoms. The van der Waals surface area contributed by atoms with E-state index in [1.807, 2.05) is 0 Å². The second-order valence-corrected chi connectivity index (χ2v) is 6.59. The Morgan fingerprint density at radius 2 is 1.77 bits per heavy atom. The van der Waals surface area contributed by atoms with Gasteiger partial charge in [-0.3, -0.25) is 9.69 Å². The molecule has 2 aromatic rings. The van der Waals surface area contributed by atoms with E-state index < -0.39 is 0 Å². The molecule has 3 rings (SSSR count). The van der Waals surface area contributed by atoms with Crippen molar-refractivity contribution in [3.8, 4) is 11.5 Å². The number of methoxy groups -OCH3 is 2. The van der Waals surface area contributed by atoms with Crippen LogP contribution in [0.15, 0.2) is 42.5 Å². The quantitative estimate of drug-likeness (QED) is 0.746. The number of ketones is 1. The number of ether oxygens (including phenoxy) is 2. The number of Topliss-reactive ketones (excluding diaryl/α,β-unsaturated/α-hetero) is 1. The monoisotopic (exact) mass is 354 g/mol. The van der Waals surface area contributed by atoms with Gasteiger partial charge in [0.25, 0.3) is 0 Å². The molecule has 0 N–H and O–H groups in total. The van der Waals surface area contributed by atoms with Crippen LogP contribution in [0.25, 0.3) is 0 Å². The van der Waals surface area contributed by atoms with Crippen molar-refractivity contribution in [2.45, 2.75) is 6.92 Å². The molecule has 0 spiro atoms. The Hall–Kier alpha value is -2.53. The molecule has 5 nitrogen and oxygen atoms in total. The number of hydrogen-bond acceptors (Lipinski definition) is 5. The number of carbonyl (C=O) groups excluding carboxylic acids is 1. The zero-order valence-corrected chi connectivity index (χ0v) is 15.7. The highest BCUT2D eigenvalue weighted by Crippen LogP contribution is 2.25. The molecule has 0 unspecified atom stereocenters. The van der Waals surface area contributed by atoms with Crippen molar-refractivity contribution in [1.82, 2.24) is 4.90 Å². The minimum Gasteiger partial charge on any atom is -0.497 e. The molecule has 0 atom stereocenters. The van der Waals surface area contributed by atoms with E-state index >= 15 is 0 Å². The molecule has 138 valence electrons. The molecule has 26 heavy (non-hydrogen) atoms. The lowest BCUT2D eigenvalue weighted by Gasteiger charge is -2.36. The Morgan fingerprint density at radius 3 is 2.42 bits per heavy atom. The van der Waals surface area contributed by atoms with E-state index in [-0.39, 0.29) is 5.78 Å². The minimum absolute atomic E-state index is 0.0600. The Bertz CT molecular complexity index is 768. The second kappa shape index (κ2) is 8.23. The first-order valence-corrected chi connectivity index (χ1v) is 8.90. The topological polar surface area (TPSA) is 42.0 Å². The van der Waals surface area contributed by atoms with Crippen LogP contribution in [0.3, 0.4) is 0 Å². The number of anilines is 1. The molecule has 0 aliphatic carbocycles. The maximum atomic E-state index is 12.8. The lowest BCUT2D eigenvalue weighted by Crippen LogP contribution is -2.48. The first-order valence-electron chi connectivity index (χ1n) is 8.90. The van der Waals surface area contributed by atoms with Gasteiger partial charge in [0, 0.05) is 31.9 Å². The summed E-state index contributed by atoms with van der Waals surface area (Å²) in [5.74, 6) is 1.32. The Labute approximate surface area is 155 Å². The fourth-order valence-electron chi connectivity index (χ4n) is 3.31. The number of aryl methyl sites for hydroxylation is 1. The summed E-state index contributed by atoms with van der Waals surface area (Å²) in [7, 11) is 3.18. The molecule has 0 bridgehead atoms. The maximum Gasteiger partial charge on any atom is 0.180 e. The predicted octanol–water partition coefficient (Wildman–Crippen LogP) is 3.02. The molecule has 1 heterocycles. The highest BCUT2D eigenvalue weighted by molar-refractivity contribution is 6.00. The summed E-state index contributed by atoms with van der Waals surface area (Å²) in [6.07, 6.45) is 0. The standard InChI is InChI=1S/C21H26N2O3/c1-16-5-4-6-17(13-16)23-11-9-22(10-12-23)15-20(24)19-14-18(25-2)7-8-21(19)26-3/h4-8,13-14H,9-12,15H2,1-3H3. The van der Waals surface area contributed by atoms with Gasteiger partial charge in [0.2, 0.25) is 0 Å². The van der Waals surface area contributed by atoms with Crippen LogP contribution in [-0.4, -0.2) is 57.6 Å². The van der Waals surface area contributed by atoms with E-state index in [1.54, 1.807) is 32.4 Å². The van der Waals surface area contributed by atoms with Crippen LogP contribution in [0, 0.1) is 6.92 Å². The first kappa shape index (κ1) is 18.3. The summed E-state index contributed by atoms with van der Waals surface area (Å²) in [4.78, 5) is 17.3. The average molecular weight is 354 g/mol. The number of nitrogens with zero attached hydrogens (tertiary/aromatic N) is 2. The molecule has 0 saturated carbocycles. The van der Waals surface area contributed by atoms with Crippen LogP contribution in [-0.2, 0) is 0 Å². The van der Waals surface area contributed by atoms with Crippen LogP contribution in [0.1, 0.15) is 15.9 Å². The fraction of sp³-hybridized carbons (Fsp3) is 0.381. The predicted molar refractivity (Wildman–Crippen MR) is 104 cm³/mol. The molecule has 1 aliphatic rings. The molecule has 1 saturated heterocycles. The van der Waals surface area contributed by atoms with Crippen LogP contribution in [0.5, 0.6) is 11.5 Å². The summed E-state index contributed by atoms with van der Waals surface area (Å²) in [5.41, 5.74) is 3.10. The van der Waals surface area contributed by atoms with Crippen molar-refractivity contribution >= 4 is 11.5 Å². The molecule has 0 aromatic heterocycles. The SMILES string of the molecule is COc1ccc(OC)c(C(=O)CN2CCN(c3cccc(C)c3)CC2)c1. The highest BCUT2D eigenvalue weighted by atomic mass is 16.5. The molecular formula is C21H26N2O3. The lowest BCUT2D eigenvalue weighted by atomic mass is 10.1. The van der Waals surface area contributed by atoms with Gasteiger partial charge in [-0.15, -0.1) is 0 Å². The van der Waals surface area contributed by atoms with Gasteiger partial charge in [-0.05, 0) is 42.8 Å². The van der Waals surface area contributed by atoms with Gasteiger partial charge < -0.3 is 14.4 Å². The van der Waals surface area contributed by atoms with Crippen molar-refractivity contribution in [2.75, 3.05) is 51.8 Å². The molecule has 0 radical (unpaired) electrons. The van der Waals surface area contributed by atoms with Crippen LogP contribution < -0.4 is 14.4 Å². The fourth-order valence-corrected chi connectivity index (χ4v) is 3.31. The zero-order valence-electron chi connectivity index (χ0n) is 15.7. The largest absolute Gasteiger partial charge is 0.497 e. The van der Waals surface area contributed by atoms with Gasteiger partial charge in [-0.2, -0.15) is 0 Å². The van der Waals surface area contributed by atoms with Crippen molar-refractivity contribution in [2.24, 2.45) is 0 Å². The van der Waals surface area contributed by atoms with Crippen LogP contribution >= 0.6 is 0 Å². The Balaban J connectivity index is 1.62. The van der Waals surface area contributed by atoms with Gasteiger partial charge in [0.15, 0.2) is 5.78 Å². The minimum atomic E-state index is 0.0600. The van der Waals surface area contributed by atoms with Gasteiger partial charge in [0.1, 0.15) is 11.5 Å². The van der Waals surface area contributed by atoms with E-state index in [0.717, 1.165) is 26.2 Å². The van der Waals surface area contributed by atoms with E-state index in [2.05, 4.69) is 41.0 Å². The molecule has 1 fully saturated rings. The van der Waals surface area contributed by atoms with Crippen molar-refractivity contribution in [3.05, 3.63) is 53.6 Å². The third-order valence-electron chi connectivity index (χ3n) is 4.81. The van der Waals surface area contributed by atoms with Crippen molar-refractivity contribution in [3.63, 3.8) is 0 Å². The zero-order chi connectivity index (χ0) is 18.5. The summed E-state index contributed by atoms with van der Waals surface area (Å²) in [6.45, 7) is 6.08. The lowest BCUT2D eigenvalue weighted by molar-refractivity contribution is 0.0923. The van der Waals surface area contributed by atoms with Crippen molar-refractivity contribution in [1.29, 1.82) is 0 Å². The highest BCUT2D eigenvalue weighted by Gasteiger charge is 2.21. The van der Waals surface area contributed by atoms with E-state index in [9.17, 15) is 4.79 Å². The smallest absolute Gasteiger partial charge is 0.180 e. The first-order chi connectivity index (χ1) is 12.6. The number of piperazine rings is 1. The average Bonchev–Trinajstić information content (AvgIpc) is 2.68. The van der Waals surface area contributed by atoms with E-state index in [0.29, 0.717) is 23.6 Å². The third kappa shape index (κ3) is 4.17. The van der Waals surface area contributed by atoms with Crippen molar-refractivity contribution < 1.29 is 14.3 Å². The van der Waals surface area contributed by atoms with Gasteiger partial charge in [0.05, 0.1) is 26.3 Å². The molecule has 0 amide bonds. The summed E-state index contributed by atoms with van der Waals surface area (Å²) >= 11 is 0. The Morgan fingerprint density at radius 1 is 1.00 bits per heavy atom. The van der Waals surface area contributed by atoms with E-state index in [1.165, 1.54) is 11.3 Å². The molecule has 2 aromatic carbocycles. The number of carbonyl (C=O) groups is 1.